The van der Waals surface area contributed by atoms with Crippen LogP contribution >= 0.6 is 23.6 Å². The first-order valence-corrected chi connectivity index (χ1v) is 9.78. The van der Waals surface area contributed by atoms with Crippen LogP contribution in [0.25, 0.3) is 21.8 Å². The van der Waals surface area contributed by atoms with Crippen molar-refractivity contribution in [3.63, 3.8) is 0 Å². The number of aromatic amines is 1. The fourth-order valence-electron chi connectivity index (χ4n) is 3.43. The van der Waals surface area contributed by atoms with Crippen molar-refractivity contribution in [2.45, 2.75) is 26.8 Å². The van der Waals surface area contributed by atoms with E-state index >= 15 is 0 Å². The lowest BCUT2D eigenvalue weighted by molar-refractivity contribution is -0.115. The molecule has 0 aliphatic heterocycles. The molecule has 2 aromatic carbocycles. The predicted molar refractivity (Wildman–Crippen MR) is 112 cm³/mol. The summed E-state index contributed by atoms with van der Waals surface area (Å²) in [4.78, 5) is 16.5. The van der Waals surface area contributed by atoms with Crippen LogP contribution in [0.3, 0.4) is 0 Å². The molecule has 0 bridgehead atoms. The SMILES string of the molecule is CCn1c2ccccc2c2cc(NC(=O)Cc3sc(=S)[nH]c3C)ccc21. The van der Waals surface area contributed by atoms with Crippen molar-refractivity contribution in [2.75, 3.05) is 5.32 Å². The van der Waals surface area contributed by atoms with Gasteiger partial charge in [-0.3, -0.25) is 4.79 Å². The molecule has 2 aromatic heterocycles. The van der Waals surface area contributed by atoms with Crippen LogP contribution in [0.5, 0.6) is 0 Å². The van der Waals surface area contributed by atoms with Crippen LogP contribution in [0, 0.1) is 10.9 Å². The normalized spacial score (nSPS) is 11.3. The lowest BCUT2D eigenvalue weighted by Crippen LogP contribution is -2.14. The molecular formula is C20H19N3OS2. The third-order valence-corrected chi connectivity index (χ3v) is 5.95. The maximum absolute atomic E-state index is 12.4. The maximum Gasteiger partial charge on any atom is 0.229 e. The maximum atomic E-state index is 12.4. The zero-order valence-electron chi connectivity index (χ0n) is 14.6. The summed E-state index contributed by atoms with van der Waals surface area (Å²) in [6, 6.07) is 14.5. The summed E-state index contributed by atoms with van der Waals surface area (Å²) in [5, 5.41) is 5.39. The molecule has 6 heteroatoms. The largest absolute Gasteiger partial charge is 0.341 e. The van der Waals surface area contributed by atoms with E-state index in [1.165, 1.54) is 27.8 Å². The molecule has 4 nitrogen and oxygen atoms in total. The Kier molecular flexibility index (Phi) is 4.38. The second kappa shape index (κ2) is 6.70. The highest BCUT2D eigenvalue weighted by molar-refractivity contribution is 7.73. The number of hydrogen-bond donors (Lipinski definition) is 2. The number of rotatable bonds is 4. The Balaban J connectivity index is 1.67. The number of para-hydroxylation sites is 1. The Labute approximate surface area is 160 Å². The van der Waals surface area contributed by atoms with E-state index < -0.39 is 0 Å². The Morgan fingerprint density at radius 2 is 1.96 bits per heavy atom. The highest BCUT2D eigenvalue weighted by Gasteiger charge is 2.12. The minimum absolute atomic E-state index is 0.0306. The van der Waals surface area contributed by atoms with Gasteiger partial charge in [0, 0.05) is 44.6 Å². The molecular weight excluding hydrogens is 362 g/mol. The lowest BCUT2D eigenvalue weighted by Gasteiger charge is -2.06. The van der Waals surface area contributed by atoms with Gasteiger partial charge in [0.2, 0.25) is 5.91 Å². The summed E-state index contributed by atoms with van der Waals surface area (Å²) in [7, 11) is 0. The number of benzene rings is 2. The average Bonchev–Trinajstić information content (AvgIpc) is 3.10. The zero-order valence-corrected chi connectivity index (χ0v) is 16.3. The number of carbonyl (C=O) groups is 1. The Hall–Kier alpha value is -2.44. The highest BCUT2D eigenvalue weighted by atomic mass is 32.1. The first kappa shape index (κ1) is 17.0. The number of fused-ring (bicyclic) bond motifs is 3. The summed E-state index contributed by atoms with van der Waals surface area (Å²) in [5.41, 5.74) is 4.19. The number of H-pyrrole nitrogens is 1. The van der Waals surface area contributed by atoms with Crippen LogP contribution in [0.15, 0.2) is 42.5 Å². The van der Waals surface area contributed by atoms with Crippen LogP contribution < -0.4 is 5.32 Å². The van der Waals surface area contributed by atoms with Crippen LogP contribution in [0.1, 0.15) is 17.5 Å². The number of aryl methyl sites for hydroxylation is 2. The number of nitrogens with zero attached hydrogens (tertiary/aromatic N) is 1. The fourth-order valence-corrected chi connectivity index (χ4v) is 4.72. The van der Waals surface area contributed by atoms with Crippen molar-refractivity contribution >= 4 is 57.0 Å². The monoisotopic (exact) mass is 381 g/mol. The van der Waals surface area contributed by atoms with Gasteiger partial charge in [0.25, 0.3) is 0 Å². The number of carbonyl (C=O) groups excluding carboxylic acids is 1. The quantitative estimate of drug-likeness (QED) is 0.464. The van der Waals surface area contributed by atoms with E-state index in [9.17, 15) is 4.79 Å². The lowest BCUT2D eigenvalue weighted by atomic mass is 10.1. The minimum Gasteiger partial charge on any atom is -0.341 e. The van der Waals surface area contributed by atoms with Crippen LogP contribution in [0.2, 0.25) is 0 Å². The number of thiazole rings is 1. The summed E-state index contributed by atoms with van der Waals surface area (Å²) >= 11 is 6.60. The van der Waals surface area contributed by atoms with E-state index in [2.05, 4.69) is 58.2 Å². The molecule has 0 spiro atoms. The molecule has 1 amide bonds. The molecule has 0 aliphatic carbocycles. The van der Waals surface area contributed by atoms with E-state index in [-0.39, 0.29) is 5.91 Å². The van der Waals surface area contributed by atoms with Gasteiger partial charge in [-0.1, -0.05) is 18.2 Å². The van der Waals surface area contributed by atoms with Gasteiger partial charge < -0.3 is 14.9 Å². The molecule has 0 saturated carbocycles. The Morgan fingerprint density at radius 3 is 2.69 bits per heavy atom. The van der Waals surface area contributed by atoms with E-state index in [0.29, 0.717) is 10.4 Å². The summed E-state index contributed by atoms with van der Waals surface area (Å²) in [6.45, 7) is 5.00. The Morgan fingerprint density at radius 1 is 1.19 bits per heavy atom. The topological polar surface area (TPSA) is 49.8 Å². The number of aromatic nitrogens is 2. The summed E-state index contributed by atoms with van der Waals surface area (Å²) in [6.07, 6.45) is 0.332. The molecule has 0 aliphatic rings. The molecule has 0 fully saturated rings. The average molecular weight is 382 g/mol. The Bertz CT molecular complexity index is 1180. The van der Waals surface area contributed by atoms with Crippen molar-refractivity contribution in [3.8, 4) is 0 Å². The van der Waals surface area contributed by atoms with Crippen molar-refractivity contribution < 1.29 is 4.79 Å². The van der Waals surface area contributed by atoms with Gasteiger partial charge in [-0.25, -0.2) is 0 Å². The van der Waals surface area contributed by atoms with Gasteiger partial charge in [-0.2, -0.15) is 0 Å². The van der Waals surface area contributed by atoms with Gasteiger partial charge in [0.05, 0.1) is 6.42 Å². The molecule has 0 saturated heterocycles. The molecule has 2 N–H and O–H groups in total. The van der Waals surface area contributed by atoms with Crippen molar-refractivity contribution in [1.82, 2.24) is 9.55 Å². The van der Waals surface area contributed by atoms with Crippen molar-refractivity contribution in [1.29, 1.82) is 0 Å². The first-order chi connectivity index (χ1) is 12.6. The summed E-state index contributed by atoms with van der Waals surface area (Å²) < 4.78 is 3.01. The third-order valence-electron chi connectivity index (χ3n) is 4.62. The molecule has 26 heavy (non-hydrogen) atoms. The van der Waals surface area contributed by atoms with Crippen molar-refractivity contribution in [3.05, 3.63) is 57.0 Å². The summed E-state index contributed by atoms with van der Waals surface area (Å²) in [5.74, 6) is -0.0306. The molecule has 4 aromatic rings. The second-order valence-corrected chi connectivity index (χ2v) is 8.05. The second-order valence-electron chi connectivity index (χ2n) is 6.28. The highest BCUT2D eigenvalue weighted by Crippen LogP contribution is 2.31. The van der Waals surface area contributed by atoms with Gasteiger partial charge in [0.15, 0.2) is 3.95 Å². The fraction of sp³-hybridized carbons (Fsp3) is 0.200. The standard InChI is InChI=1S/C20H19N3OS2/c1-3-23-16-7-5-4-6-14(16)15-10-13(8-9-17(15)23)22-19(24)11-18-12(2)21-20(25)26-18/h4-10H,3,11H2,1-2H3,(H,21,25)(H,22,24). The van der Waals surface area contributed by atoms with Gasteiger partial charge in [0.1, 0.15) is 0 Å². The molecule has 132 valence electrons. The van der Waals surface area contributed by atoms with E-state index in [1.807, 2.05) is 13.0 Å². The van der Waals surface area contributed by atoms with Crippen LogP contribution in [-0.4, -0.2) is 15.5 Å². The van der Waals surface area contributed by atoms with Crippen LogP contribution in [0.4, 0.5) is 5.69 Å². The molecule has 0 atom stereocenters. The van der Waals surface area contributed by atoms with E-state index in [1.54, 1.807) is 0 Å². The third kappa shape index (κ3) is 2.95. The molecule has 0 radical (unpaired) electrons. The van der Waals surface area contributed by atoms with Gasteiger partial charge in [-0.05, 0) is 50.3 Å². The number of hydrogen-bond acceptors (Lipinski definition) is 3. The molecule has 4 rings (SSSR count). The van der Waals surface area contributed by atoms with Crippen molar-refractivity contribution in [2.24, 2.45) is 0 Å². The van der Waals surface area contributed by atoms with E-state index in [4.69, 9.17) is 12.2 Å². The predicted octanol–water partition coefficient (Wildman–Crippen LogP) is 5.42. The first-order valence-electron chi connectivity index (χ1n) is 8.56. The number of nitrogens with one attached hydrogen (secondary N) is 2. The van der Waals surface area contributed by atoms with Gasteiger partial charge >= 0.3 is 0 Å². The van der Waals surface area contributed by atoms with Gasteiger partial charge in [-0.15, -0.1) is 11.3 Å². The number of anilines is 1. The molecule has 2 heterocycles. The minimum atomic E-state index is -0.0306. The van der Waals surface area contributed by atoms with E-state index in [0.717, 1.165) is 28.2 Å². The number of amides is 1. The smallest absolute Gasteiger partial charge is 0.229 e. The van der Waals surface area contributed by atoms with Crippen LogP contribution in [-0.2, 0) is 17.8 Å². The zero-order chi connectivity index (χ0) is 18.3. The molecule has 0 unspecified atom stereocenters.